The number of nitrogens with one attached hydrogen (secondary N) is 1. The molecule has 1 aromatic carbocycles. The van der Waals surface area contributed by atoms with Crippen molar-refractivity contribution in [1.29, 1.82) is 0 Å². The van der Waals surface area contributed by atoms with Crippen LogP contribution in [-0.2, 0) is 7.05 Å². The Bertz CT molecular complexity index is 1150. The maximum absolute atomic E-state index is 13.0. The summed E-state index contributed by atoms with van der Waals surface area (Å²) in [6.07, 6.45) is 3.14. The Kier molecular flexibility index (Phi) is 5.89. The van der Waals surface area contributed by atoms with Crippen LogP contribution in [-0.4, -0.2) is 44.6 Å². The lowest BCUT2D eigenvalue weighted by molar-refractivity contribution is 0.0711. The minimum Gasteiger partial charge on any atom is -0.383 e. The van der Waals surface area contributed by atoms with Gasteiger partial charge in [-0.25, -0.2) is 9.37 Å². The van der Waals surface area contributed by atoms with Crippen LogP contribution in [0.3, 0.4) is 0 Å². The molecular weight excluding hydrogens is 411 g/mol. The molecule has 0 atom stereocenters. The van der Waals surface area contributed by atoms with Crippen LogP contribution in [0.15, 0.2) is 42.6 Å². The molecule has 32 heavy (non-hydrogen) atoms. The Morgan fingerprint density at radius 3 is 2.38 bits per heavy atom. The van der Waals surface area contributed by atoms with Gasteiger partial charge < -0.3 is 16.0 Å². The zero-order valence-electron chi connectivity index (χ0n) is 18.0. The summed E-state index contributed by atoms with van der Waals surface area (Å²) in [6.45, 7) is 3.12. The number of nitrogens with two attached hydrogens (primary N) is 1. The van der Waals surface area contributed by atoms with E-state index in [4.69, 9.17) is 5.73 Å². The van der Waals surface area contributed by atoms with Crippen molar-refractivity contribution in [1.82, 2.24) is 19.7 Å². The van der Waals surface area contributed by atoms with E-state index >= 15 is 0 Å². The van der Waals surface area contributed by atoms with E-state index in [9.17, 15) is 14.0 Å². The number of anilines is 2. The van der Waals surface area contributed by atoms with Crippen molar-refractivity contribution in [2.75, 3.05) is 24.1 Å². The van der Waals surface area contributed by atoms with Crippen LogP contribution in [0.25, 0.3) is 0 Å². The normalized spacial score (nSPS) is 14.4. The Morgan fingerprint density at radius 1 is 1.09 bits per heavy atom. The number of hydrogen-bond donors (Lipinski definition) is 2. The molecule has 8 nitrogen and oxygen atoms in total. The molecule has 166 valence electrons. The molecule has 1 aliphatic heterocycles. The van der Waals surface area contributed by atoms with Crippen molar-refractivity contribution in [3.8, 4) is 0 Å². The Labute approximate surface area is 185 Å². The summed E-state index contributed by atoms with van der Waals surface area (Å²) in [5, 5.41) is 6.84. The maximum Gasteiger partial charge on any atom is 0.259 e. The first-order valence-corrected chi connectivity index (χ1v) is 10.4. The highest BCUT2D eigenvalue weighted by Gasteiger charge is 2.27. The molecule has 4 rings (SSSR count). The fraction of sp³-hybridized carbons (Fsp3) is 0.304. The summed E-state index contributed by atoms with van der Waals surface area (Å²) >= 11 is 0. The third-order valence-electron chi connectivity index (χ3n) is 5.96. The number of pyridine rings is 1. The highest BCUT2D eigenvalue weighted by molar-refractivity contribution is 6.07. The number of carbonyl (C=O) groups excluding carboxylic acids is 2. The van der Waals surface area contributed by atoms with Gasteiger partial charge in [0.25, 0.3) is 11.8 Å². The Balaban J connectivity index is 1.39. The lowest BCUT2D eigenvalue weighted by atomic mass is 9.92. The van der Waals surface area contributed by atoms with E-state index in [-0.39, 0.29) is 29.0 Å². The fourth-order valence-electron chi connectivity index (χ4n) is 3.90. The van der Waals surface area contributed by atoms with E-state index in [1.807, 2.05) is 24.9 Å². The molecule has 0 saturated carbocycles. The number of aryl methyl sites for hydroxylation is 1. The van der Waals surface area contributed by atoms with E-state index in [0.29, 0.717) is 24.3 Å². The highest BCUT2D eigenvalue weighted by Crippen LogP contribution is 2.29. The van der Waals surface area contributed by atoms with E-state index in [1.54, 1.807) is 16.9 Å². The van der Waals surface area contributed by atoms with Crippen LogP contribution in [0.4, 0.5) is 15.9 Å². The van der Waals surface area contributed by atoms with Gasteiger partial charge in [0.05, 0.1) is 17.3 Å². The lowest BCUT2D eigenvalue weighted by Gasteiger charge is -2.31. The molecule has 0 radical (unpaired) electrons. The minimum absolute atomic E-state index is 0.00525. The van der Waals surface area contributed by atoms with Gasteiger partial charge in [-0.2, -0.15) is 5.10 Å². The Morgan fingerprint density at radius 2 is 1.78 bits per heavy atom. The van der Waals surface area contributed by atoms with Crippen LogP contribution in [0.1, 0.15) is 50.9 Å². The molecule has 0 bridgehead atoms. The van der Waals surface area contributed by atoms with Crippen LogP contribution in [0.2, 0.25) is 0 Å². The van der Waals surface area contributed by atoms with E-state index in [0.717, 1.165) is 24.2 Å². The molecule has 3 aromatic rings. The third-order valence-corrected chi connectivity index (χ3v) is 5.96. The number of benzene rings is 1. The number of hydrogen-bond acceptors (Lipinski definition) is 5. The zero-order chi connectivity index (χ0) is 22.8. The van der Waals surface area contributed by atoms with Gasteiger partial charge >= 0.3 is 0 Å². The average Bonchev–Trinajstić information content (AvgIpc) is 3.13. The molecular formula is C23H25FN6O2. The van der Waals surface area contributed by atoms with Crippen LogP contribution < -0.4 is 11.1 Å². The van der Waals surface area contributed by atoms with E-state index < -0.39 is 5.91 Å². The smallest absolute Gasteiger partial charge is 0.259 e. The van der Waals surface area contributed by atoms with Crippen molar-refractivity contribution in [3.05, 3.63) is 70.9 Å². The number of halogens is 1. The molecule has 2 amide bonds. The molecule has 3 N–H and O–H groups in total. The maximum atomic E-state index is 13.0. The fourth-order valence-corrected chi connectivity index (χ4v) is 3.90. The second-order valence-corrected chi connectivity index (χ2v) is 7.96. The second-order valence-electron chi connectivity index (χ2n) is 7.96. The second kappa shape index (κ2) is 8.78. The van der Waals surface area contributed by atoms with Gasteiger partial charge in [-0.1, -0.05) is 0 Å². The first kappa shape index (κ1) is 21.5. The molecule has 0 aliphatic carbocycles. The average molecular weight is 436 g/mol. The van der Waals surface area contributed by atoms with Crippen LogP contribution in [0.5, 0.6) is 0 Å². The van der Waals surface area contributed by atoms with Crippen molar-refractivity contribution in [2.24, 2.45) is 7.05 Å². The molecule has 0 spiro atoms. The number of nitrogens with zero attached hydrogens (tertiary/aromatic N) is 4. The van der Waals surface area contributed by atoms with Gasteiger partial charge in [0.15, 0.2) is 0 Å². The molecule has 1 fully saturated rings. The largest absolute Gasteiger partial charge is 0.383 e. The topological polar surface area (TPSA) is 106 Å². The SMILES string of the molecule is Cc1c(C(=O)N2CCC(c3ccc(C(=O)Nc4ccc(F)cc4)c(N)n3)CC2)cnn1C. The predicted octanol–water partition coefficient (Wildman–Crippen LogP) is 3.12. The van der Waals surface area contributed by atoms with Gasteiger partial charge in [-0.3, -0.25) is 14.3 Å². The number of carbonyl (C=O) groups is 2. The van der Waals surface area contributed by atoms with Gasteiger partial charge in [-0.05, 0) is 56.2 Å². The van der Waals surface area contributed by atoms with Crippen LogP contribution in [0, 0.1) is 12.7 Å². The minimum atomic E-state index is -0.402. The van der Waals surface area contributed by atoms with Gasteiger partial charge in [0.1, 0.15) is 11.6 Å². The predicted molar refractivity (Wildman–Crippen MR) is 119 cm³/mol. The summed E-state index contributed by atoms with van der Waals surface area (Å²) < 4.78 is 14.7. The molecule has 1 saturated heterocycles. The number of aromatic nitrogens is 3. The standard InChI is InChI=1S/C23H25FN6O2/c1-14-19(13-26-29(14)2)23(32)30-11-9-15(10-12-30)20-8-7-18(21(25)28-20)22(31)27-17-5-3-16(24)4-6-17/h3-8,13,15H,9-12H2,1-2H3,(H2,25,28)(H,27,31). The summed E-state index contributed by atoms with van der Waals surface area (Å²) in [7, 11) is 1.82. The zero-order valence-corrected chi connectivity index (χ0v) is 18.0. The number of piperidine rings is 1. The number of likely N-dealkylation sites (tertiary alicyclic amines) is 1. The summed E-state index contributed by atoms with van der Waals surface area (Å²) in [6, 6.07) is 8.97. The monoisotopic (exact) mass is 436 g/mol. The molecule has 2 aromatic heterocycles. The molecule has 9 heteroatoms. The van der Waals surface area contributed by atoms with Crippen LogP contribution >= 0.6 is 0 Å². The van der Waals surface area contributed by atoms with Crippen molar-refractivity contribution >= 4 is 23.3 Å². The Hall–Kier alpha value is -3.75. The molecule has 3 heterocycles. The van der Waals surface area contributed by atoms with Crippen molar-refractivity contribution in [2.45, 2.75) is 25.7 Å². The van der Waals surface area contributed by atoms with Crippen molar-refractivity contribution < 1.29 is 14.0 Å². The third kappa shape index (κ3) is 4.32. The summed E-state index contributed by atoms with van der Waals surface area (Å²) in [5.74, 6) is -0.483. The summed E-state index contributed by atoms with van der Waals surface area (Å²) in [5.41, 5.74) is 9.09. The first-order valence-electron chi connectivity index (χ1n) is 10.4. The van der Waals surface area contributed by atoms with Gasteiger partial charge in [0, 0.05) is 43.1 Å². The number of rotatable bonds is 4. The lowest BCUT2D eigenvalue weighted by Crippen LogP contribution is -2.38. The van der Waals surface area contributed by atoms with Gasteiger partial charge in [-0.15, -0.1) is 0 Å². The van der Waals surface area contributed by atoms with E-state index in [2.05, 4.69) is 15.4 Å². The highest BCUT2D eigenvalue weighted by atomic mass is 19.1. The number of amides is 2. The van der Waals surface area contributed by atoms with Crippen molar-refractivity contribution in [3.63, 3.8) is 0 Å². The molecule has 1 aliphatic rings. The quantitative estimate of drug-likeness (QED) is 0.654. The van der Waals surface area contributed by atoms with Gasteiger partial charge in [0.2, 0.25) is 0 Å². The first-order chi connectivity index (χ1) is 15.3. The molecule has 0 unspecified atom stereocenters. The number of nitrogen functional groups attached to an aromatic ring is 1. The van der Waals surface area contributed by atoms with E-state index in [1.165, 1.54) is 24.3 Å². The summed E-state index contributed by atoms with van der Waals surface area (Å²) in [4.78, 5) is 31.6.